The van der Waals surface area contributed by atoms with Crippen LogP contribution in [0.15, 0.2) is 28.3 Å². The molecule has 0 atom stereocenters. The van der Waals surface area contributed by atoms with E-state index in [-0.39, 0.29) is 5.91 Å². The Balaban J connectivity index is 1.57. The minimum absolute atomic E-state index is 0.232. The van der Waals surface area contributed by atoms with Gasteiger partial charge in [0.25, 0.3) is 5.91 Å². The fourth-order valence-electron chi connectivity index (χ4n) is 3.32. The topological polar surface area (TPSA) is 23.6 Å². The predicted octanol–water partition coefficient (Wildman–Crippen LogP) is 3.40. The van der Waals surface area contributed by atoms with Crippen molar-refractivity contribution in [2.45, 2.75) is 18.9 Å². The molecule has 0 saturated carbocycles. The lowest BCUT2D eigenvalue weighted by atomic mass is 10.0. The molecule has 5 heteroatoms. The Kier molecular flexibility index (Phi) is 3.57. The number of piperidine rings is 1. The molecule has 3 saturated heterocycles. The van der Waals surface area contributed by atoms with Gasteiger partial charge in [-0.25, -0.2) is 0 Å². The second-order valence-electron chi connectivity index (χ2n) is 5.78. The van der Waals surface area contributed by atoms with E-state index in [0.29, 0.717) is 6.04 Å². The number of nitrogens with zero attached hydrogens (tertiary/aromatic N) is 2. The Labute approximate surface area is 132 Å². The number of carbonyl (C=O) groups excluding carboxylic acids is 1. The summed E-state index contributed by atoms with van der Waals surface area (Å²) in [6, 6.07) is 4.62. The third-order valence-corrected chi connectivity index (χ3v) is 6.18. The summed E-state index contributed by atoms with van der Waals surface area (Å²) in [6.07, 6.45) is 2.27. The number of thiophene rings is 2. The van der Waals surface area contributed by atoms with Gasteiger partial charge in [0.2, 0.25) is 0 Å². The monoisotopic (exact) mass is 318 g/mol. The van der Waals surface area contributed by atoms with Gasteiger partial charge in [0.1, 0.15) is 0 Å². The van der Waals surface area contributed by atoms with Gasteiger partial charge in [0.15, 0.2) is 0 Å². The molecule has 0 spiro atoms. The smallest absolute Gasteiger partial charge is 0.264 e. The lowest BCUT2D eigenvalue weighted by Gasteiger charge is -2.31. The molecular weight excluding hydrogens is 300 g/mol. The van der Waals surface area contributed by atoms with Crippen LogP contribution in [0.1, 0.15) is 22.5 Å². The van der Waals surface area contributed by atoms with Crippen LogP contribution in [-0.2, 0) is 0 Å². The van der Waals surface area contributed by atoms with Gasteiger partial charge in [0.05, 0.1) is 4.88 Å². The van der Waals surface area contributed by atoms with E-state index in [9.17, 15) is 4.79 Å². The van der Waals surface area contributed by atoms with E-state index in [1.54, 1.807) is 22.7 Å². The molecule has 2 aromatic heterocycles. The molecule has 5 heterocycles. The number of rotatable bonds is 2. The fourth-order valence-corrected chi connectivity index (χ4v) is 4.86. The van der Waals surface area contributed by atoms with Crippen LogP contribution in [0, 0.1) is 0 Å². The largest absolute Gasteiger partial charge is 0.334 e. The molecule has 21 heavy (non-hydrogen) atoms. The van der Waals surface area contributed by atoms with Crippen molar-refractivity contribution in [1.82, 2.24) is 9.80 Å². The normalized spacial score (nSPS) is 25.0. The second-order valence-corrected chi connectivity index (χ2v) is 7.47. The lowest BCUT2D eigenvalue weighted by molar-refractivity contribution is 0.0690. The van der Waals surface area contributed by atoms with Gasteiger partial charge in [-0.1, -0.05) is 0 Å². The van der Waals surface area contributed by atoms with Gasteiger partial charge in [-0.2, -0.15) is 11.3 Å². The summed E-state index contributed by atoms with van der Waals surface area (Å²) in [5.74, 6) is 0.232. The summed E-state index contributed by atoms with van der Waals surface area (Å²) in [6.45, 7) is 4.22. The molecule has 3 aliphatic rings. The van der Waals surface area contributed by atoms with Crippen molar-refractivity contribution in [3.63, 3.8) is 0 Å². The van der Waals surface area contributed by atoms with Gasteiger partial charge < -0.3 is 9.80 Å². The van der Waals surface area contributed by atoms with Crippen molar-refractivity contribution in [3.05, 3.63) is 33.2 Å². The number of carbonyl (C=O) groups is 1. The van der Waals surface area contributed by atoms with Gasteiger partial charge >= 0.3 is 0 Å². The zero-order valence-corrected chi connectivity index (χ0v) is 13.5. The van der Waals surface area contributed by atoms with Crippen LogP contribution in [0.3, 0.4) is 0 Å². The number of amides is 1. The maximum atomic E-state index is 12.8. The van der Waals surface area contributed by atoms with E-state index < -0.39 is 0 Å². The lowest BCUT2D eigenvalue weighted by Crippen LogP contribution is -2.41. The first kappa shape index (κ1) is 13.5. The van der Waals surface area contributed by atoms with Crippen molar-refractivity contribution in [2.75, 3.05) is 26.2 Å². The van der Waals surface area contributed by atoms with Gasteiger partial charge in [-0.05, 0) is 52.2 Å². The van der Waals surface area contributed by atoms with Crippen LogP contribution in [0.4, 0.5) is 0 Å². The van der Waals surface area contributed by atoms with Crippen molar-refractivity contribution >= 4 is 28.6 Å². The Morgan fingerprint density at radius 3 is 2.71 bits per heavy atom. The standard InChI is InChI=1S/C16H18N2OS2/c19-16(18-7-6-17-4-1-14(18)2-5-17)15-9-13(11-21-15)12-3-8-20-10-12/h3,8-11,14H,1-2,4-7H2. The second kappa shape index (κ2) is 5.55. The zero-order valence-electron chi connectivity index (χ0n) is 11.8. The molecule has 0 N–H and O–H groups in total. The minimum Gasteiger partial charge on any atom is -0.334 e. The van der Waals surface area contributed by atoms with Crippen molar-refractivity contribution in [3.8, 4) is 11.1 Å². The molecule has 3 aliphatic heterocycles. The van der Waals surface area contributed by atoms with Gasteiger partial charge in [-0.15, -0.1) is 11.3 Å². The van der Waals surface area contributed by atoms with E-state index in [0.717, 1.165) is 43.9 Å². The Morgan fingerprint density at radius 1 is 1.10 bits per heavy atom. The molecule has 0 unspecified atom stereocenters. The highest BCUT2D eigenvalue weighted by atomic mass is 32.1. The third kappa shape index (κ3) is 2.54. The maximum absolute atomic E-state index is 12.8. The quantitative estimate of drug-likeness (QED) is 0.847. The number of hydrogen-bond donors (Lipinski definition) is 0. The van der Waals surface area contributed by atoms with Crippen molar-refractivity contribution in [2.24, 2.45) is 0 Å². The molecule has 110 valence electrons. The summed E-state index contributed by atoms with van der Waals surface area (Å²) in [7, 11) is 0. The van der Waals surface area contributed by atoms with Crippen LogP contribution in [0.5, 0.6) is 0 Å². The summed E-state index contributed by atoms with van der Waals surface area (Å²) in [5, 5.41) is 6.32. The summed E-state index contributed by atoms with van der Waals surface area (Å²) < 4.78 is 0. The number of hydrogen-bond acceptors (Lipinski definition) is 4. The number of fused-ring (bicyclic) bond motifs is 4. The molecular formula is C16H18N2OS2. The highest BCUT2D eigenvalue weighted by molar-refractivity contribution is 7.12. The molecule has 0 aliphatic carbocycles. The van der Waals surface area contributed by atoms with Gasteiger partial charge in [-0.3, -0.25) is 4.79 Å². The first-order valence-electron chi connectivity index (χ1n) is 7.46. The van der Waals surface area contributed by atoms with Crippen LogP contribution in [-0.4, -0.2) is 47.9 Å². The van der Waals surface area contributed by atoms with E-state index in [2.05, 4.69) is 38.1 Å². The van der Waals surface area contributed by atoms with Gasteiger partial charge in [0, 0.05) is 32.2 Å². The summed E-state index contributed by atoms with van der Waals surface area (Å²) in [4.78, 5) is 18.3. The minimum atomic E-state index is 0.232. The first-order valence-corrected chi connectivity index (χ1v) is 9.28. The van der Waals surface area contributed by atoms with E-state index in [1.165, 1.54) is 11.1 Å². The van der Waals surface area contributed by atoms with Crippen LogP contribution in [0.2, 0.25) is 0 Å². The Morgan fingerprint density at radius 2 is 1.95 bits per heavy atom. The van der Waals surface area contributed by atoms with Crippen molar-refractivity contribution < 1.29 is 4.79 Å². The third-order valence-electron chi connectivity index (χ3n) is 4.58. The maximum Gasteiger partial charge on any atom is 0.264 e. The van der Waals surface area contributed by atoms with Crippen molar-refractivity contribution in [1.29, 1.82) is 0 Å². The summed E-state index contributed by atoms with van der Waals surface area (Å²) in [5.41, 5.74) is 2.39. The van der Waals surface area contributed by atoms with Crippen LogP contribution >= 0.6 is 22.7 Å². The molecule has 2 aromatic rings. The highest BCUT2D eigenvalue weighted by Gasteiger charge is 2.32. The van der Waals surface area contributed by atoms with Crippen LogP contribution in [0.25, 0.3) is 11.1 Å². The highest BCUT2D eigenvalue weighted by Crippen LogP contribution is 2.30. The average Bonchev–Trinajstić information content (AvgIpc) is 3.12. The molecule has 0 aromatic carbocycles. The molecule has 5 rings (SSSR count). The van der Waals surface area contributed by atoms with E-state index in [4.69, 9.17) is 0 Å². The predicted molar refractivity (Wildman–Crippen MR) is 88.1 cm³/mol. The Bertz CT molecular complexity index is 627. The summed E-state index contributed by atoms with van der Waals surface area (Å²) >= 11 is 3.28. The van der Waals surface area contributed by atoms with E-state index >= 15 is 0 Å². The first-order chi connectivity index (χ1) is 10.3. The Hall–Kier alpha value is -1.17. The molecule has 2 bridgehead atoms. The molecule has 3 nitrogen and oxygen atoms in total. The fraction of sp³-hybridized carbons (Fsp3) is 0.438. The zero-order chi connectivity index (χ0) is 14.2. The molecule has 3 fully saturated rings. The molecule has 1 amide bonds. The SMILES string of the molecule is O=C(c1cc(-c2ccsc2)cs1)N1CCN2CCC1CC2. The van der Waals surface area contributed by atoms with Crippen LogP contribution < -0.4 is 0 Å². The molecule has 0 radical (unpaired) electrons. The average molecular weight is 318 g/mol. The van der Waals surface area contributed by atoms with E-state index in [1.807, 2.05) is 0 Å².